The van der Waals surface area contributed by atoms with Crippen LogP contribution in [-0.4, -0.2) is 0 Å². The van der Waals surface area contributed by atoms with Crippen LogP contribution in [0.3, 0.4) is 0 Å². The first-order chi connectivity index (χ1) is 9.36. The minimum Gasteiger partial charge on any atom is -0.457 e. The molecule has 19 heavy (non-hydrogen) atoms. The highest BCUT2D eigenvalue weighted by Gasteiger charge is 2.02. The quantitative estimate of drug-likeness (QED) is 0.578. The molecule has 0 saturated heterocycles. The first-order valence-electron chi connectivity index (χ1n) is 6.17. The van der Waals surface area contributed by atoms with E-state index in [1.807, 2.05) is 36.4 Å². The van der Waals surface area contributed by atoms with Crippen LogP contribution in [0.1, 0.15) is 5.56 Å². The Kier molecular flexibility index (Phi) is 3.51. The van der Waals surface area contributed by atoms with Gasteiger partial charge in [-0.2, -0.15) is 0 Å². The van der Waals surface area contributed by atoms with Crippen molar-refractivity contribution in [2.24, 2.45) is 0 Å². The lowest BCUT2D eigenvalue weighted by Gasteiger charge is -2.09. The van der Waals surface area contributed by atoms with Crippen LogP contribution in [0.2, 0.25) is 0 Å². The molecule has 0 fully saturated rings. The Morgan fingerprint density at radius 2 is 1.53 bits per heavy atom. The molecule has 0 N–H and O–H groups in total. The average molecular weight is 313 g/mol. The van der Waals surface area contributed by atoms with Gasteiger partial charge >= 0.3 is 0 Å². The van der Waals surface area contributed by atoms with Gasteiger partial charge in [-0.3, -0.25) is 0 Å². The summed E-state index contributed by atoms with van der Waals surface area (Å²) >= 11 is 3.44. The highest BCUT2D eigenvalue weighted by molar-refractivity contribution is 9.08. The summed E-state index contributed by atoms with van der Waals surface area (Å²) in [6, 6.07) is 22.5. The molecule has 3 aromatic carbocycles. The summed E-state index contributed by atoms with van der Waals surface area (Å²) in [5.41, 5.74) is 1.24. The van der Waals surface area contributed by atoms with Crippen molar-refractivity contribution in [3.05, 3.63) is 72.3 Å². The van der Waals surface area contributed by atoms with Gasteiger partial charge in [-0.15, -0.1) is 0 Å². The number of fused-ring (bicyclic) bond motifs is 1. The molecule has 3 aromatic rings. The lowest BCUT2D eigenvalue weighted by molar-refractivity contribution is 0.488. The van der Waals surface area contributed by atoms with Gasteiger partial charge in [0.15, 0.2) is 0 Å². The fraction of sp³-hybridized carbons (Fsp3) is 0.0588. The van der Waals surface area contributed by atoms with Crippen LogP contribution in [0, 0.1) is 0 Å². The molecule has 0 aliphatic rings. The van der Waals surface area contributed by atoms with Crippen LogP contribution in [0.5, 0.6) is 11.5 Å². The van der Waals surface area contributed by atoms with Gasteiger partial charge in [0, 0.05) is 10.7 Å². The van der Waals surface area contributed by atoms with Crippen LogP contribution in [0.15, 0.2) is 66.7 Å². The zero-order valence-electron chi connectivity index (χ0n) is 10.3. The fourth-order valence-electron chi connectivity index (χ4n) is 2.06. The van der Waals surface area contributed by atoms with E-state index >= 15 is 0 Å². The van der Waals surface area contributed by atoms with Crippen LogP contribution >= 0.6 is 15.9 Å². The molecule has 94 valence electrons. The average Bonchev–Trinajstić information content (AvgIpc) is 2.48. The zero-order chi connectivity index (χ0) is 13.1. The Hall–Kier alpha value is -1.80. The van der Waals surface area contributed by atoms with Crippen molar-refractivity contribution in [1.29, 1.82) is 0 Å². The van der Waals surface area contributed by atoms with Crippen LogP contribution in [-0.2, 0) is 5.33 Å². The molecule has 0 amide bonds. The third kappa shape index (κ3) is 2.64. The van der Waals surface area contributed by atoms with Crippen LogP contribution in [0.25, 0.3) is 10.8 Å². The standard InChI is InChI=1S/C17H13BrO/c18-12-13-8-10-15(11-9-13)19-17-7-3-5-14-4-1-2-6-16(14)17/h1-11H,12H2. The minimum absolute atomic E-state index is 0.862. The molecule has 0 aliphatic carbocycles. The van der Waals surface area contributed by atoms with Crippen molar-refractivity contribution >= 4 is 26.7 Å². The fourth-order valence-corrected chi connectivity index (χ4v) is 2.43. The van der Waals surface area contributed by atoms with Gasteiger partial charge in [0.25, 0.3) is 0 Å². The normalized spacial score (nSPS) is 10.6. The maximum atomic E-state index is 5.98. The first kappa shape index (κ1) is 12.2. The largest absolute Gasteiger partial charge is 0.457 e. The van der Waals surface area contributed by atoms with E-state index in [4.69, 9.17) is 4.74 Å². The molecule has 0 heterocycles. The number of halogens is 1. The van der Waals surface area contributed by atoms with Gasteiger partial charge in [-0.05, 0) is 29.1 Å². The van der Waals surface area contributed by atoms with Crippen molar-refractivity contribution in [2.45, 2.75) is 5.33 Å². The van der Waals surface area contributed by atoms with Gasteiger partial charge in [0.2, 0.25) is 0 Å². The van der Waals surface area contributed by atoms with E-state index in [1.54, 1.807) is 0 Å². The summed E-state index contributed by atoms with van der Waals surface area (Å²) in [7, 11) is 0. The highest BCUT2D eigenvalue weighted by atomic mass is 79.9. The lowest BCUT2D eigenvalue weighted by Crippen LogP contribution is -1.86. The van der Waals surface area contributed by atoms with E-state index < -0.39 is 0 Å². The molecule has 0 saturated carbocycles. The van der Waals surface area contributed by atoms with E-state index in [2.05, 4.69) is 46.3 Å². The molecule has 2 heteroatoms. The molecular formula is C17H13BrO. The minimum atomic E-state index is 0.862. The number of ether oxygens (including phenoxy) is 1. The second-order valence-electron chi connectivity index (χ2n) is 4.36. The van der Waals surface area contributed by atoms with Gasteiger partial charge in [0.1, 0.15) is 11.5 Å². The zero-order valence-corrected chi connectivity index (χ0v) is 11.9. The number of benzene rings is 3. The van der Waals surface area contributed by atoms with Gasteiger partial charge in [0.05, 0.1) is 0 Å². The smallest absolute Gasteiger partial charge is 0.135 e. The number of hydrogen-bond donors (Lipinski definition) is 0. The SMILES string of the molecule is BrCc1ccc(Oc2cccc3ccccc23)cc1. The van der Waals surface area contributed by atoms with Crippen molar-refractivity contribution < 1.29 is 4.74 Å². The summed E-state index contributed by atoms with van der Waals surface area (Å²) in [5.74, 6) is 1.76. The molecule has 0 atom stereocenters. The summed E-state index contributed by atoms with van der Waals surface area (Å²) in [5, 5.41) is 3.19. The molecule has 0 spiro atoms. The topological polar surface area (TPSA) is 9.23 Å². The molecule has 3 rings (SSSR count). The van der Waals surface area contributed by atoms with Crippen LogP contribution in [0.4, 0.5) is 0 Å². The molecule has 1 nitrogen and oxygen atoms in total. The predicted molar refractivity (Wildman–Crippen MR) is 83.1 cm³/mol. The monoisotopic (exact) mass is 312 g/mol. The van der Waals surface area contributed by atoms with Gasteiger partial charge in [-0.25, -0.2) is 0 Å². The van der Waals surface area contributed by atoms with Crippen molar-refractivity contribution in [1.82, 2.24) is 0 Å². The van der Waals surface area contributed by atoms with E-state index in [9.17, 15) is 0 Å². The Labute approximate surface area is 121 Å². The van der Waals surface area contributed by atoms with E-state index in [1.165, 1.54) is 10.9 Å². The molecule has 0 radical (unpaired) electrons. The van der Waals surface area contributed by atoms with Crippen LogP contribution < -0.4 is 4.74 Å². The Balaban J connectivity index is 1.96. The Bertz CT molecular complexity index is 684. The first-order valence-corrected chi connectivity index (χ1v) is 7.29. The van der Waals surface area contributed by atoms with E-state index in [0.29, 0.717) is 0 Å². The van der Waals surface area contributed by atoms with Crippen molar-refractivity contribution in [3.8, 4) is 11.5 Å². The number of rotatable bonds is 3. The second kappa shape index (κ2) is 5.45. The Morgan fingerprint density at radius 1 is 0.789 bits per heavy atom. The maximum Gasteiger partial charge on any atom is 0.135 e. The summed E-state index contributed by atoms with van der Waals surface area (Å²) in [4.78, 5) is 0. The predicted octanol–water partition coefficient (Wildman–Crippen LogP) is 5.53. The number of alkyl halides is 1. The van der Waals surface area contributed by atoms with Crippen molar-refractivity contribution in [2.75, 3.05) is 0 Å². The van der Waals surface area contributed by atoms with Gasteiger partial charge < -0.3 is 4.74 Å². The maximum absolute atomic E-state index is 5.98. The summed E-state index contributed by atoms with van der Waals surface area (Å²) in [6.45, 7) is 0. The molecular weight excluding hydrogens is 300 g/mol. The number of hydrogen-bond acceptors (Lipinski definition) is 1. The summed E-state index contributed by atoms with van der Waals surface area (Å²) < 4.78 is 5.98. The second-order valence-corrected chi connectivity index (χ2v) is 4.92. The Morgan fingerprint density at radius 3 is 2.32 bits per heavy atom. The molecule has 0 aliphatic heterocycles. The van der Waals surface area contributed by atoms with Crippen molar-refractivity contribution in [3.63, 3.8) is 0 Å². The molecule has 0 aromatic heterocycles. The van der Waals surface area contributed by atoms with E-state index in [0.717, 1.165) is 22.2 Å². The molecule has 0 bridgehead atoms. The third-order valence-corrected chi connectivity index (χ3v) is 3.70. The molecule has 0 unspecified atom stereocenters. The van der Waals surface area contributed by atoms with Gasteiger partial charge in [-0.1, -0.05) is 64.5 Å². The summed E-state index contributed by atoms with van der Waals surface area (Å²) in [6.07, 6.45) is 0. The highest BCUT2D eigenvalue weighted by Crippen LogP contribution is 2.29. The van der Waals surface area contributed by atoms with E-state index in [-0.39, 0.29) is 0 Å². The third-order valence-electron chi connectivity index (χ3n) is 3.06. The lowest BCUT2D eigenvalue weighted by atomic mass is 10.1.